The Morgan fingerprint density at radius 1 is 1.50 bits per heavy atom. The molecule has 0 radical (unpaired) electrons. The number of nitrogen functional groups attached to an aromatic ring is 1. The molecule has 0 atom stereocenters. The Morgan fingerprint density at radius 3 is 2.85 bits per heavy atom. The fourth-order valence-corrected chi connectivity index (χ4v) is 1.38. The van der Waals surface area contributed by atoms with E-state index < -0.39 is 11.7 Å². The summed E-state index contributed by atoms with van der Waals surface area (Å²) in [5, 5.41) is 2.64. The Kier molecular flexibility index (Phi) is 5.39. The number of alkyl carbamates (subject to hydrolysis) is 1. The van der Waals surface area contributed by atoms with Gasteiger partial charge in [0.05, 0.1) is 5.56 Å². The first-order valence-electron chi connectivity index (χ1n) is 6.46. The van der Waals surface area contributed by atoms with Gasteiger partial charge in [-0.25, -0.2) is 9.78 Å². The predicted octanol–water partition coefficient (Wildman–Crippen LogP) is 2.24. The lowest BCUT2D eigenvalue weighted by Crippen LogP contribution is -2.32. The summed E-state index contributed by atoms with van der Waals surface area (Å²) in [7, 11) is 0. The van der Waals surface area contributed by atoms with Gasteiger partial charge >= 0.3 is 6.09 Å². The monoisotopic (exact) mass is 275 g/mol. The highest BCUT2D eigenvalue weighted by atomic mass is 16.6. The van der Waals surface area contributed by atoms with E-state index in [0.717, 1.165) is 5.56 Å². The Morgan fingerprint density at radius 2 is 2.20 bits per heavy atom. The zero-order valence-electron chi connectivity index (χ0n) is 12.4. The van der Waals surface area contributed by atoms with Gasteiger partial charge in [0.15, 0.2) is 0 Å². The Hall–Kier alpha value is -2.22. The molecule has 5 nitrogen and oxygen atoms in total. The molecular formula is C15H21N3O2. The van der Waals surface area contributed by atoms with Gasteiger partial charge in [0.1, 0.15) is 11.4 Å². The second kappa shape index (κ2) is 6.80. The summed E-state index contributed by atoms with van der Waals surface area (Å²) in [6.45, 7) is 7.82. The molecule has 5 heteroatoms. The molecule has 20 heavy (non-hydrogen) atoms. The van der Waals surface area contributed by atoms with Crippen molar-refractivity contribution in [3.8, 4) is 11.8 Å². The van der Waals surface area contributed by atoms with Gasteiger partial charge in [0.2, 0.25) is 0 Å². The van der Waals surface area contributed by atoms with Crippen molar-refractivity contribution in [2.45, 2.75) is 39.7 Å². The first-order valence-corrected chi connectivity index (χ1v) is 6.46. The van der Waals surface area contributed by atoms with Gasteiger partial charge < -0.3 is 15.8 Å². The van der Waals surface area contributed by atoms with Crippen LogP contribution in [0.4, 0.5) is 10.6 Å². The average molecular weight is 275 g/mol. The summed E-state index contributed by atoms with van der Waals surface area (Å²) in [6, 6.07) is 1.89. The lowest BCUT2D eigenvalue weighted by atomic mass is 10.2. The SMILES string of the molecule is Cc1cnc(N)c(C#CCCNC(=O)OC(C)(C)C)c1. The van der Waals surface area contributed by atoms with Crippen molar-refractivity contribution in [1.29, 1.82) is 0 Å². The third-order valence-corrected chi connectivity index (χ3v) is 2.20. The number of carbonyl (C=O) groups excluding carboxylic acids is 1. The summed E-state index contributed by atoms with van der Waals surface area (Å²) >= 11 is 0. The van der Waals surface area contributed by atoms with Crippen LogP contribution in [0, 0.1) is 18.8 Å². The van der Waals surface area contributed by atoms with Crippen LogP contribution in [0.2, 0.25) is 0 Å². The van der Waals surface area contributed by atoms with E-state index >= 15 is 0 Å². The number of pyridine rings is 1. The van der Waals surface area contributed by atoms with Gasteiger partial charge in [-0.15, -0.1) is 0 Å². The summed E-state index contributed by atoms with van der Waals surface area (Å²) in [5.41, 5.74) is 6.95. The van der Waals surface area contributed by atoms with Crippen molar-refractivity contribution < 1.29 is 9.53 Å². The summed E-state index contributed by atoms with van der Waals surface area (Å²) in [4.78, 5) is 15.4. The highest BCUT2D eigenvalue weighted by molar-refractivity contribution is 5.67. The van der Waals surface area contributed by atoms with E-state index in [1.807, 2.05) is 33.8 Å². The Bertz CT molecular complexity index is 536. The molecular weight excluding hydrogens is 254 g/mol. The van der Waals surface area contributed by atoms with Crippen molar-refractivity contribution in [1.82, 2.24) is 10.3 Å². The molecule has 0 bridgehead atoms. The average Bonchev–Trinajstić information content (AvgIpc) is 2.30. The highest BCUT2D eigenvalue weighted by Crippen LogP contribution is 2.08. The molecule has 1 aromatic rings. The fourth-order valence-electron chi connectivity index (χ4n) is 1.38. The topological polar surface area (TPSA) is 77.2 Å². The number of carbonyl (C=O) groups is 1. The lowest BCUT2D eigenvalue weighted by Gasteiger charge is -2.19. The van der Waals surface area contributed by atoms with E-state index in [0.29, 0.717) is 24.3 Å². The summed E-state index contributed by atoms with van der Waals surface area (Å²) < 4.78 is 5.11. The largest absolute Gasteiger partial charge is 0.444 e. The first kappa shape index (κ1) is 15.8. The smallest absolute Gasteiger partial charge is 0.407 e. The molecule has 0 saturated carbocycles. The van der Waals surface area contributed by atoms with Crippen LogP contribution in [-0.2, 0) is 4.74 Å². The number of nitrogens with one attached hydrogen (secondary N) is 1. The van der Waals surface area contributed by atoms with Gasteiger partial charge in [0.25, 0.3) is 0 Å². The Labute approximate surface area is 119 Å². The van der Waals surface area contributed by atoms with Crippen LogP contribution in [-0.4, -0.2) is 23.2 Å². The fraction of sp³-hybridized carbons (Fsp3) is 0.467. The summed E-state index contributed by atoms with van der Waals surface area (Å²) in [6.07, 6.45) is 1.79. The molecule has 1 rings (SSSR count). The van der Waals surface area contributed by atoms with Gasteiger partial charge in [-0.2, -0.15) is 0 Å². The number of aromatic nitrogens is 1. The minimum absolute atomic E-state index is 0.420. The van der Waals surface area contributed by atoms with Gasteiger partial charge in [0, 0.05) is 19.2 Å². The van der Waals surface area contributed by atoms with Gasteiger partial charge in [-0.05, 0) is 39.3 Å². The van der Waals surface area contributed by atoms with E-state index in [-0.39, 0.29) is 0 Å². The second-order valence-electron chi connectivity index (χ2n) is 5.43. The molecule has 1 aromatic heterocycles. The molecule has 0 saturated heterocycles. The molecule has 0 aliphatic carbocycles. The molecule has 0 aliphatic rings. The summed E-state index contributed by atoms with van der Waals surface area (Å²) in [5.74, 6) is 6.31. The number of nitrogens with two attached hydrogens (primary N) is 1. The number of aryl methyl sites for hydroxylation is 1. The molecule has 1 amide bonds. The minimum atomic E-state index is -0.489. The molecule has 0 unspecified atom stereocenters. The molecule has 0 spiro atoms. The van der Waals surface area contributed by atoms with E-state index in [9.17, 15) is 4.79 Å². The number of ether oxygens (including phenoxy) is 1. The number of hydrogen-bond acceptors (Lipinski definition) is 4. The molecule has 0 aliphatic heterocycles. The number of anilines is 1. The van der Waals surface area contributed by atoms with Crippen LogP contribution in [0.3, 0.4) is 0 Å². The second-order valence-corrected chi connectivity index (χ2v) is 5.43. The molecule has 3 N–H and O–H groups in total. The number of nitrogens with zero attached hydrogens (tertiary/aromatic N) is 1. The van der Waals surface area contributed by atoms with E-state index in [2.05, 4.69) is 22.1 Å². The zero-order valence-corrected chi connectivity index (χ0v) is 12.4. The third kappa shape index (κ3) is 6.10. The number of hydrogen-bond donors (Lipinski definition) is 2. The zero-order chi connectivity index (χ0) is 15.2. The number of amides is 1. The first-order chi connectivity index (χ1) is 9.28. The maximum Gasteiger partial charge on any atom is 0.407 e. The third-order valence-electron chi connectivity index (χ3n) is 2.20. The van der Waals surface area contributed by atoms with Gasteiger partial charge in [-0.3, -0.25) is 0 Å². The molecule has 0 fully saturated rings. The van der Waals surface area contributed by atoms with Crippen molar-refractivity contribution in [2.24, 2.45) is 0 Å². The quantitative estimate of drug-likeness (QED) is 0.641. The van der Waals surface area contributed by atoms with Crippen LogP contribution < -0.4 is 11.1 Å². The van der Waals surface area contributed by atoms with Crippen LogP contribution in [0.25, 0.3) is 0 Å². The predicted molar refractivity (Wildman–Crippen MR) is 79.1 cm³/mol. The van der Waals surface area contributed by atoms with Crippen LogP contribution in [0.15, 0.2) is 12.3 Å². The normalized spacial score (nSPS) is 10.4. The Balaban J connectivity index is 2.40. The molecule has 1 heterocycles. The van der Waals surface area contributed by atoms with Crippen molar-refractivity contribution in [3.63, 3.8) is 0 Å². The van der Waals surface area contributed by atoms with E-state index in [1.165, 1.54) is 0 Å². The maximum atomic E-state index is 11.4. The van der Waals surface area contributed by atoms with Crippen molar-refractivity contribution in [2.75, 3.05) is 12.3 Å². The number of rotatable bonds is 2. The van der Waals surface area contributed by atoms with Crippen molar-refractivity contribution in [3.05, 3.63) is 23.4 Å². The highest BCUT2D eigenvalue weighted by Gasteiger charge is 2.15. The van der Waals surface area contributed by atoms with Crippen LogP contribution in [0.1, 0.15) is 38.3 Å². The van der Waals surface area contributed by atoms with E-state index in [1.54, 1.807) is 6.20 Å². The van der Waals surface area contributed by atoms with E-state index in [4.69, 9.17) is 10.5 Å². The van der Waals surface area contributed by atoms with Crippen LogP contribution >= 0.6 is 0 Å². The van der Waals surface area contributed by atoms with Crippen molar-refractivity contribution >= 4 is 11.9 Å². The molecule has 0 aromatic carbocycles. The minimum Gasteiger partial charge on any atom is -0.444 e. The van der Waals surface area contributed by atoms with Crippen LogP contribution in [0.5, 0.6) is 0 Å². The lowest BCUT2D eigenvalue weighted by molar-refractivity contribution is 0.0529. The molecule has 108 valence electrons. The van der Waals surface area contributed by atoms with Gasteiger partial charge in [-0.1, -0.05) is 11.8 Å². The standard InChI is InChI=1S/C15H21N3O2/c1-11-9-12(13(16)18-10-11)7-5-6-8-17-14(19)20-15(2,3)4/h9-10H,6,8H2,1-4H3,(H2,16,18)(H,17,19). The maximum absolute atomic E-state index is 11.4.